The first kappa shape index (κ1) is 18.9. The Balaban J connectivity index is 1.44. The van der Waals surface area contributed by atoms with Crippen molar-refractivity contribution < 1.29 is 23.8 Å². The maximum absolute atomic E-state index is 12.1. The first-order valence-corrected chi connectivity index (χ1v) is 8.99. The molecule has 0 aromatic heterocycles. The number of benzene rings is 2. The summed E-state index contributed by atoms with van der Waals surface area (Å²) >= 11 is 0. The van der Waals surface area contributed by atoms with Gasteiger partial charge in [0.15, 0.2) is 6.61 Å². The van der Waals surface area contributed by atoms with Gasteiger partial charge in [-0.1, -0.05) is 18.2 Å². The van der Waals surface area contributed by atoms with Crippen molar-refractivity contribution in [2.75, 3.05) is 25.1 Å². The molecule has 0 spiro atoms. The minimum atomic E-state index is -0.555. The lowest BCUT2D eigenvalue weighted by atomic mass is 10.2. The zero-order chi connectivity index (χ0) is 19.1. The highest BCUT2D eigenvalue weighted by Crippen LogP contribution is 2.17. The van der Waals surface area contributed by atoms with E-state index in [4.69, 9.17) is 14.2 Å². The van der Waals surface area contributed by atoms with Gasteiger partial charge in [0.25, 0.3) is 5.91 Å². The second-order valence-corrected chi connectivity index (χ2v) is 6.41. The molecule has 1 fully saturated rings. The molecule has 2 aromatic rings. The first-order chi connectivity index (χ1) is 13.1. The van der Waals surface area contributed by atoms with Crippen LogP contribution < -0.4 is 10.1 Å². The second-order valence-electron chi connectivity index (χ2n) is 6.41. The number of rotatable bonds is 7. The fraction of sp³-hybridized carbons (Fsp3) is 0.333. The average Bonchev–Trinajstić information content (AvgIpc) is 3.20. The van der Waals surface area contributed by atoms with Crippen LogP contribution >= 0.6 is 0 Å². The van der Waals surface area contributed by atoms with E-state index in [0.29, 0.717) is 23.6 Å². The van der Waals surface area contributed by atoms with Gasteiger partial charge in [0.2, 0.25) is 0 Å². The number of hydrogen-bond donors (Lipinski definition) is 1. The lowest BCUT2D eigenvalue weighted by molar-refractivity contribution is -0.119. The first-order valence-electron chi connectivity index (χ1n) is 8.99. The maximum Gasteiger partial charge on any atom is 0.338 e. The smallest absolute Gasteiger partial charge is 0.338 e. The average molecular weight is 369 g/mol. The third kappa shape index (κ3) is 5.56. The van der Waals surface area contributed by atoms with E-state index < -0.39 is 5.97 Å². The molecule has 27 heavy (non-hydrogen) atoms. The van der Waals surface area contributed by atoms with Crippen LogP contribution in [-0.4, -0.2) is 37.8 Å². The molecule has 6 heteroatoms. The van der Waals surface area contributed by atoms with Crippen molar-refractivity contribution in [3.63, 3.8) is 0 Å². The standard InChI is InChI=1S/C21H23NO5/c1-15-5-2-3-7-19(15)22-20(23)14-27-21(24)16-8-10-17(11-9-16)26-13-18-6-4-12-25-18/h2-3,5,7-11,18H,4,6,12-14H2,1H3,(H,22,23)/t18-/m1/s1. The molecule has 142 valence electrons. The second kappa shape index (κ2) is 9.19. The van der Waals surface area contributed by atoms with Crippen molar-refractivity contribution in [3.05, 3.63) is 59.7 Å². The predicted molar refractivity (Wildman–Crippen MR) is 101 cm³/mol. The van der Waals surface area contributed by atoms with Crippen LogP contribution in [0, 0.1) is 6.92 Å². The third-order valence-electron chi connectivity index (χ3n) is 4.30. The van der Waals surface area contributed by atoms with Gasteiger partial charge in [-0.3, -0.25) is 4.79 Å². The Hall–Kier alpha value is -2.86. The molecule has 0 unspecified atom stereocenters. The Labute approximate surface area is 158 Å². The van der Waals surface area contributed by atoms with Gasteiger partial charge < -0.3 is 19.5 Å². The van der Waals surface area contributed by atoms with Crippen molar-refractivity contribution in [1.82, 2.24) is 0 Å². The van der Waals surface area contributed by atoms with Crippen LogP contribution in [0.4, 0.5) is 5.69 Å². The number of amides is 1. The number of carbonyl (C=O) groups excluding carboxylic acids is 2. The zero-order valence-corrected chi connectivity index (χ0v) is 15.3. The number of ether oxygens (including phenoxy) is 3. The molecule has 0 radical (unpaired) electrons. The van der Waals surface area contributed by atoms with Gasteiger partial charge in [-0.05, 0) is 55.7 Å². The highest BCUT2D eigenvalue weighted by molar-refractivity contribution is 5.95. The summed E-state index contributed by atoms with van der Waals surface area (Å²) in [5.74, 6) is -0.269. The molecule has 1 aliphatic rings. The van der Waals surface area contributed by atoms with Gasteiger partial charge in [0.1, 0.15) is 12.4 Å². The molecule has 0 saturated carbocycles. The van der Waals surface area contributed by atoms with E-state index in [1.54, 1.807) is 30.3 Å². The number of nitrogens with one attached hydrogen (secondary N) is 1. The van der Waals surface area contributed by atoms with Gasteiger partial charge in [-0.2, -0.15) is 0 Å². The normalized spacial score (nSPS) is 16.0. The van der Waals surface area contributed by atoms with Gasteiger partial charge in [-0.15, -0.1) is 0 Å². The van der Waals surface area contributed by atoms with E-state index in [9.17, 15) is 9.59 Å². The Bertz CT molecular complexity index is 781. The monoisotopic (exact) mass is 369 g/mol. The van der Waals surface area contributed by atoms with Crippen molar-refractivity contribution in [2.24, 2.45) is 0 Å². The molecule has 0 bridgehead atoms. The summed E-state index contributed by atoms with van der Waals surface area (Å²) in [6, 6.07) is 14.1. The molecule has 1 saturated heterocycles. The molecule has 1 aliphatic heterocycles. The predicted octanol–water partition coefficient (Wildman–Crippen LogP) is 3.35. The topological polar surface area (TPSA) is 73.9 Å². The van der Waals surface area contributed by atoms with E-state index in [2.05, 4.69) is 5.32 Å². The molecule has 1 amide bonds. The molecule has 2 aromatic carbocycles. The zero-order valence-electron chi connectivity index (χ0n) is 15.3. The number of carbonyl (C=O) groups is 2. The van der Waals surface area contributed by atoms with Crippen molar-refractivity contribution >= 4 is 17.6 Å². The Morgan fingerprint density at radius 3 is 2.63 bits per heavy atom. The van der Waals surface area contributed by atoms with Crippen LogP contribution in [0.15, 0.2) is 48.5 Å². The summed E-state index contributed by atoms with van der Waals surface area (Å²) in [6.45, 7) is 2.84. The molecule has 6 nitrogen and oxygen atoms in total. The lowest BCUT2D eigenvalue weighted by Gasteiger charge is -2.12. The van der Waals surface area contributed by atoms with E-state index in [0.717, 1.165) is 25.0 Å². The fourth-order valence-corrected chi connectivity index (χ4v) is 2.77. The number of anilines is 1. The highest BCUT2D eigenvalue weighted by Gasteiger charge is 2.16. The van der Waals surface area contributed by atoms with Crippen LogP contribution in [0.5, 0.6) is 5.75 Å². The molecule has 1 heterocycles. The van der Waals surface area contributed by atoms with Gasteiger partial charge in [-0.25, -0.2) is 4.79 Å². The highest BCUT2D eigenvalue weighted by atomic mass is 16.5. The SMILES string of the molecule is Cc1ccccc1NC(=O)COC(=O)c1ccc(OC[C@H]2CCCO2)cc1. The van der Waals surface area contributed by atoms with Crippen molar-refractivity contribution in [2.45, 2.75) is 25.9 Å². The van der Waals surface area contributed by atoms with Gasteiger partial charge >= 0.3 is 5.97 Å². The summed E-state index contributed by atoms with van der Waals surface area (Å²) < 4.78 is 16.2. The van der Waals surface area contributed by atoms with E-state index in [1.165, 1.54) is 0 Å². The van der Waals surface area contributed by atoms with E-state index >= 15 is 0 Å². The molecule has 1 N–H and O–H groups in total. The Morgan fingerprint density at radius 2 is 1.93 bits per heavy atom. The van der Waals surface area contributed by atoms with Crippen LogP contribution in [0.1, 0.15) is 28.8 Å². The number of esters is 1. The summed E-state index contributed by atoms with van der Waals surface area (Å²) in [5.41, 5.74) is 2.00. The van der Waals surface area contributed by atoms with Crippen LogP contribution in [0.25, 0.3) is 0 Å². The molecule has 3 rings (SSSR count). The maximum atomic E-state index is 12.1. The Morgan fingerprint density at radius 1 is 1.15 bits per heavy atom. The van der Waals surface area contributed by atoms with Gasteiger partial charge in [0, 0.05) is 12.3 Å². The quantitative estimate of drug-likeness (QED) is 0.758. The minimum Gasteiger partial charge on any atom is -0.491 e. The van der Waals surface area contributed by atoms with Crippen molar-refractivity contribution in [1.29, 1.82) is 0 Å². The van der Waals surface area contributed by atoms with Gasteiger partial charge in [0.05, 0.1) is 11.7 Å². The van der Waals surface area contributed by atoms with Crippen LogP contribution in [-0.2, 0) is 14.3 Å². The van der Waals surface area contributed by atoms with Crippen LogP contribution in [0.3, 0.4) is 0 Å². The summed E-state index contributed by atoms with van der Waals surface area (Å²) in [6.07, 6.45) is 2.21. The number of hydrogen-bond acceptors (Lipinski definition) is 5. The van der Waals surface area contributed by atoms with E-state index in [1.807, 2.05) is 25.1 Å². The minimum absolute atomic E-state index is 0.140. The molecular formula is C21H23NO5. The Kier molecular flexibility index (Phi) is 6.44. The summed E-state index contributed by atoms with van der Waals surface area (Å²) in [5, 5.41) is 2.72. The molecule has 1 atom stereocenters. The molecular weight excluding hydrogens is 346 g/mol. The molecule has 0 aliphatic carbocycles. The largest absolute Gasteiger partial charge is 0.491 e. The van der Waals surface area contributed by atoms with Crippen LogP contribution in [0.2, 0.25) is 0 Å². The summed E-state index contributed by atoms with van der Waals surface area (Å²) in [4.78, 5) is 24.0. The lowest BCUT2D eigenvalue weighted by Crippen LogP contribution is -2.21. The number of para-hydroxylation sites is 1. The summed E-state index contributed by atoms with van der Waals surface area (Å²) in [7, 11) is 0. The van der Waals surface area contributed by atoms with E-state index in [-0.39, 0.29) is 18.6 Å². The third-order valence-corrected chi connectivity index (χ3v) is 4.30. The fourth-order valence-electron chi connectivity index (χ4n) is 2.77. The van der Waals surface area contributed by atoms with Crippen molar-refractivity contribution in [3.8, 4) is 5.75 Å². The number of aryl methyl sites for hydroxylation is 1.